The van der Waals surface area contributed by atoms with Crippen LogP contribution in [0.25, 0.3) is 0 Å². The molecule has 1 rings (SSSR count). The lowest BCUT2D eigenvalue weighted by Gasteiger charge is -2.33. The normalized spacial score (nSPS) is 22.9. The molecule has 0 bridgehead atoms. The number of hydrogen-bond donors (Lipinski definition) is 2. The van der Waals surface area contributed by atoms with Gasteiger partial charge in [0.15, 0.2) is 0 Å². The molecule has 5 nitrogen and oxygen atoms in total. The van der Waals surface area contributed by atoms with Crippen LogP contribution in [0.3, 0.4) is 0 Å². The fourth-order valence-electron chi connectivity index (χ4n) is 1.98. The fraction of sp³-hybridized carbons (Fsp3) is 0.818. The van der Waals surface area contributed by atoms with Crippen molar-refractivity contribution in [2.75, 3.05) is 6.54 Å². The van der Waals surface area contributed by atoms with Crippen molar-refractivity contribution in [2.45, 2.75) is 51.1 Å². The summed E-state index contributed by atoms with van der Waals surface area (Å²) in [5.41, 5.74) is 5.58. The van der Waals surface area contributed by atoms with Crippen molar-refractivity contribution in [1.82, 2.24) is 4.90 Å². The van der Waals surface area contributed by atoms with Crippen LogP contribution in [-0.4, -0.2) is 40.5 Å². The SMILES string of the molecule is CC(N)CCC(=O)N1CCCCC1C(=O)O. The van der Waals surface area contributed by atoms with Gasteiger partial charge in [0, 0.05) is 19.0 Å². The van der Waals surface area contributed by atoms with Crippen LogP contribution in [0.1, 0.15) is 39.0 Å². The molecule has 5 heteroatoms. The largest absolute Gasteiger partial charge is 0.480 e. The van der Waals surface area contributed by atoms with Gasteiger partial charge in [0.1, 0.15) is 6.04 Å². The Balaban J connectivity index is 2.54. The molecule has 92 valence electrons. The maximum atomic E-state index is 11.8. The molecule has 1 aliphatic heterocycles. The molecule has 0 aromatic rings. The second-order valence-corrected chi connectivity index (χ2v) is 4.45. The van der Waals surface area contributed by atoms with Crippen molar-refractivity contribution < 1.29 is 14.7 Å². The first-order chi connectivity index (χ1) is 7.52. The van der Waals surface area contributed by atoms with E-state index in [-0.39, 0.29) is 11.9 Å². The van der Waals surface area contributed by atoms with Crippen molar-refractivity contribution in [3.63, 3.8) is 0 Å². The van der Waals surface area contributed by atoms with E-state index in [0.29, 0.717) is 25.8 Å². The first kappa shape index (κ1) is 13.0. The van der Waals surface area contributed by atoms with Gasteiger partial charge in [0.2, 0.25) is 5.91 Å². The molecule has 1 amide bonds. The van der Waals surface area contributed by atoms with Gasteiger partial charge in [0.25, 0.3) is 0 Å². The van der Waals surface area contributed by atoms with Gasteiger partial charge < -0.3 is 15.7 Å². The number of piperidine rings is 1. The third kappa shape index (κ3) is 3.48. The summed E-state index contributed by atoms with van der Waals surface area (Å²) in [5.74, 6) is -0.974. The van der Waals surface area contributed by atoms with Crippen molar-refractivity contribution in [1.29, 1.82) is 0 Å². The molecular weight excluding hydrogens is 208 g/mol. The lowest BCUT2D eigenvalue weighted by Crippen LogP contribution is -2.48. The van der Waals surface area contributed by atoms with Gasteiger partial charge in [-0.05, 0) is 32.6 Å². The van der Waals surface area contributed by atoms with Crippen LogP contribution in [0, 0.1) is 0 Å². The number of carboxylic acid groups (broad SMARTS) is 1. The summed E-state index contributed by atoms with van der Waals surface area (Å²) in [6.45, 7) is 2.41. The van der Waals surface area contributed by atoms with Crippen LogP contribution < -0.4 is 5.73 Å². The van der Waals surface area contributed by atoms with Gasteiger partial charge in [-0.25, -0.2) is 4.79 Å². The molecule has 0 radical (unpaired) electrons. The minimum atomic E-state index is -0.895. The Labute approximate surface area is 95.6 Å². The molecule has 1 fully saturated rings. The van der Waals surface area contributed by atoms with Crippen LogP contribution >= 0.6 is 0 Å². The zero-order chi connectivity index (χ0) is 12.1. The zero-order valence-corrected chi connectivity index (χ0v) is 9.69. The van der Waals surface area contributed by atoms with Gasteiger partial charge in [-0.1, -0.05) is 0 Å². The average Bonchev–Trinajstić information content (AvgIpc) is 2.25. The average molecular weight is 228 g/mol. The molecule has 1 heterocycles. The smallest absolute Gasteiger partial charge is 0.326 e. The molecule has 2 atom stereocenters. The monoisotopic (exact) mass is 228 g/mol. The quantitative estimate of drug-likeness (QED) is 0.737. The summed E-state index contributed by atoms with van der Waals surface area (Å²) in [6.07, 6.45) is 3.31. The number of aliphatic carboxylic acids is 1. The van der Waals surface area contributed by atoms with E-state index >= 15 is 0 Å². The summed E-state index contributed by atoms with van der Waals surface area (Å²) in [6, 6.07) is -0.647. The molecule has 3 N–H and O–H groups in total. The van der Waals surface area contributed by atoms with Gasteiger partial charge in [-0.3, -0.25) is 4.79 Å². The topological polar surface area (TPSA) is 83.6 Å². The molecule has 0 aromatic carbocycles. The molecular formula is C11H20N2O3. The van der Waals surface area contributed by atoms with Crippen molar-refractivity contribution in [3.05, 3.63) is 0 Å². The number of nitrogens with zero attached hydrogens (tertiary/aromatic N) is 1. The van der Waals surface area contributed by atoms with E-state index in [4.69, 9.17) is 10.8 Å². The second-order valence-electron chi connectivity index (χ2n) is 4.45. The van der Waals surface area contributed by atoms with Gasteiger partial charge in [-0.15, -0.1) is 0 Å². The molecule has 2 unspecified atom stereocenters. The first-order valence-electron chi connectivity index (χ1n) is 5.80. The third-order valence-electron chi connectivity index (χ3n) is 2.92. The van der Waals surface area contributed by atoms with E-state index in [0.717, 1.165) is 12.8 Å². The Bertz CT molecular complexity index is 266. The molecule has 1 saturated heterocycles. The minimum absolute atomic E-state index is 0.0166. The highest BCUT2D eigenvalue weighted by Crippen LogP contribution is 2.18. The maximum Gasteiger partial charge on any atom is 0.326 e. The summed E-state index contributed by atoms with van der Waals surface area (Å²) in [5, 5.41) is 9.02. The Morgan fingerprint density at radius 3 is 2.75 bits per heavy atom. The van der Waals surface area contributed by atoms with Crippen LogP contribution in [0.4, 0.5) is 0 Å². The maximum absolute atomic E-state index is 11.8. The summed E-state index contributed by atoms with van der Waals surface area (Å²) in [4.78, 5) is 24.3. The number of carboxylic acids is 1. The van der Waals surface area contributed by atoms with Crippen molar-refractivity contribution in [3.8, 4) is 0 Å². The molecule has 1 aliphatic rings. The summed E-state index contributed by atoms with van der Waals surface area (Å²) < 4.78 is 0. The number of likely N-dealkylation sites (tertiary alicyclic amines) is 1. The molecule has 16 heavy (non-hydrogen) atoms. The second kappa shape index (κ2) is 5.84. The van der Waals surface area contributed by atoms with Crippen molar-refractivity contribution >= 4 is 11.9 Å². The highest BCUT2D eigenvalue weighted by molar-refractivity contribution is 5.83. The van der Waals surface area contributed by atoms with Crippen LogP contribution in [0.15, 0.2) is 0 Å². The lowest BCUT2D eigenvalue weighted by molar-refractivity contribution is -0.152. The number of hydrogen-bond acceptors (Lipinski definition) is 3. The molecule has 0 aromatic heterocycles. The Morgan fingerprint density at radius 1 is 1.50 bits per heavy atom. The highest BCUT2D eigenvalue weighted by Gasteiger charge is 2.31. The van der Waals surface area contributed by atoms with E-state index in [9.17, 15) is 9.59 Å². The van der Waals surface area contributed by atoms with E-state index in [1.54, 1.807) is 0 Å². The zero-order valence-electron chi connectivity index (χ0n) is 9.69. The summed E-state index contributed by atoms with van der Waals surface area (Å²) in [7, 11) is 0. The van der Waals surface area contributed by atoms with Crippen LogP contribution in [0.2, 0.25) is 0 Å². The van der Waals surface area contributed by atoms with Crippen LogP contribution in [-0.2, 0) is 9.59 Å². The number of amides is 1. The van der Waals surface area contributed by atoms with Crippen LogP contribution in [0.5, 0.6) is 0 Å². The predicted octanol–water partition coefficient (Wildman–Crippen LogP) is 0.579. The number of nitrogens with two attached hydrogens (primary N) is 1. The first-order valence-corrected chi connectivity index (χ1v) is 5.80. The minimum Gasteiger partial charge on any atom is -0.480 e. The molecule has 0 saturated carbocycles. The predicted molar refractivity (Wildman–Crippen MR) is 59.9 cm³/mol. The Morgan fingerprint density at radius 2 is 2.19 bits per heavy atom. The number of rotatable bonds is 4. The van der Waals surface area contributed by atoms with E-state index < -0.39 is 12.0 Å². The molecule has 0 spiro atoms. The van der Waals surface area contributed by atoms with Crippen molar-refractivity contribution in [2.24, 2.45) is 5.73 Å². The van der Waals surface area contributed by atoms with Gasteiger partial charge in [0.05, 0.1) is 0 Å². The Kier molecular flexibility index (Phi) is 4.73. The fourth-order valence-corrected chi connectivity index (χ4v) is 1.98. The number of carbonyl (C=O) groups excluding carboxylic acids is 1. The Hall–Kier alpha value is -1.10. The lowest BCUT2D eigenvalue weighted by atomic mass is 10.0. The highest BCUT2D eigenvalue weighted by atomic mass is 16.4. The van der Waals surface area contributed by atoms with E-state index in [1.807, 2.05) is 6.92 Å². The number of carbonyl (C=O) groups is 2. The third-order valence-corrected chi connectivity index (χ3v) is 2.92. The van der Waals surface area contributed by atoms with E-state index in [1.165, 1.54) is 4.90 Å². The summed E-state index contributed by atoms with van der Waals surface area (Å²) >= 11 is 0. The molecule has 0 aliphatic carbocycles. The standard InChI is InChI=1S/C11H20N2O3/c1-8(12)5-6-10(14)13-7-3-2-4-9(13)11(15)16/h8-9H,2-7,12H2,1H3,(H,15,16). The van der Waals surface area contributed by atoms with Gasteiger partial charge in [-0.2, -0.15) is 0 Å². The van der Waals surface area contributed by atoms with E-state index in [2.05, 4.69) is 0 Å². The van der Waals surface area contributed by atoms with Gasteiger partial charge >= 0.3 is 5.97 Å².